The van der Waals surface area contributed by atoms with Crippen molar-refractivity contribution in [2.45, 2.75) is 26.7 Å². The molecular formula is C15H22N2. The highest BCUT2D eigenvalue weighted by Gasteiger charge is 2.00. The number of nitriles is 1. The highest BCUT2D eigenvalue weighted by Crippen LogP contribution is 2.10. The maximum Gasteiger partial charge on any atom is 0.0863 e. The Bertz CT molecular complexity index is 360. The van der Waals surface area contributed by atoms with Crippen molar-refractivity contribution in [3.05, 3.63) is 35.4 Å². The lowest BCUT2D eigenvalue weighted by atomic mass is 10.0. The summed E-state index contributed by atoms with van der Waals surface area (Å²) in [6.45, 7) is 5.93. The quantitative estimate of drug-likeness (QED) is 0.703. The molecule has 92 valence electrons. The summed E-state index contributed by atoms with van der Waals surface area (Å²) in [5.74, 6) is 0.711. The summed E-state index contributed by atoms with van der Waals surface area (Å²) in [6.07, 6.45) is 2.16. The Kier molecular flexibility index (Phi) is 5.72. The summed E-state index contributed by atoms with van der Waals surface area (Å²) in [5.41, 5.74) is 2.76. The van der Waals surface area contributed by atoms with E-state index in [1.165, 1.54) is 11.1 Å². The number of nitrogens with zero attached hydrogens (tertiary/aromatic N) is 2. The van der Waals surface area contributed by atoms with Gasteiger partial charge < -0.3 is 0 Å². The van der Waals surface area contributed by atoms with E-state index in [1.807, 2.05) is 11.9 Å². The fourth-order valence-electron chi connectivity index (χ4n) is 1.83. The van der Waals surface area contributed by atoms with Gasteiger partial charge in [-0.15, -0.1) is 0 Å². The van der Waals surface area contributed by atoms with Crippen molar-refractivity contribution in [2.24, 2.45) is 5.92 Å². The minimum absolute atomic E-state index is 0.505. The normalized spacial score (nSPS) is 10.8. The molecule has 0 aliphatic carbocycles. The molecule has 0 saturated heterocycles. The van der Waals surface area contributed by atoms with Crippen LogP contribution >= 0.6 is 0 Å². The van der Waals surface area contributed by atoms with Gasteiger partial charge in [0.2, 0.25) is 0 Å². The number of hydrogen-bond acceptors (Lipinski definition) is 2. The van der Waals surface area contributed by atoms with E-state index in [1.54, 1.807) is 0 Å². The first-order valence-corrected chi connectivity index (χ1v) is 6.25. The van der Waals surface area contributed by atoms with Crippen LogP contribution in [0.1, 0.15) is 25.0 Å². The first-order valence-electron chi connectivity index (χ1n) is 6.25. The average Bonchev–Trinajstić information content (AvgIpc) is 2.28. The van der Waals surface area contributed by atoms with Crippen LogP contribution in [-0.2, 0) is 12.8 Å². The molecule has 0 atom stereocenters. The van der Waals surface area contributed by atoms with E-state index < -0.39 is 0 Å². The standard InChI is InChI=1S/C15H22N2/c1-13(2)12-15-6-4-14(5-7-15)8-10-17(3)11-9-16/h4-7,13H,8,10-12H2,1-3H3. The van der Waals surface area contributed by atoms with Crippen LogP contribution < -0.4 is 0 Å². The lowest BCUT2D eigenvalue weighted by Crippen LogP contribution is -2.21. The Morgan fingerprint density at radius 3 is 2.29 bits per heavy atom. The van der Waals surface area contributed by atoms with E-state index in [4.69, 9.17) is 5.26 Å². The Balaban J connectivity index is 2.43. The second-order valence-electron chi connectivity index (χ2n) is 5.06. The predicted molar refractivity (Wildman–Crippen MR) is 71.8 cm³/mol. The van der Waals surface area contributed by atoms with Crippen molar-refractivity contribution in [3.8, 4) is 6.07 Å². The minimum Gasteiger partial charge on any atom is -0.293 e. The van der Waals surface area contributed by atoms with Gasteiger partial charge in [0, 0.05) is 6.54 Å². The molecule has 0 aliphatic rings. The second-order valence-corrected chi connectivity index (χ2v) is 5.06. The SMILES string of the molecule is CC(C)Cc1ccc(CCN(C)CC#N)cc1. The molecule has 0 amide bonds. The summed E-state index contributed by atoms with van der Waals surface area (Å²) >= 11 is 0. The van der Waals surface area contributed by atoms with Crippen LogP contribution in [-0.4, -0.2) is 25.0 Å². The Morgan fingerprint density at radius 1 is 1.18 bits per heavy atom. The topological polar surface area (TPSA) is 27.0 Å². The van der Waals surface area contributed by atoms with Crippen LogP contribution in [0.25, 0.3) is 0 Å². The Morgan fingerprint density at radius 2 is 1.76 bits per heavy atom. The van der Waals surface area contributed by atoms with E-state index in [9.17, 15) is 0 Å². The molecule has 0 aromatic heterocycles. The van der Waals surface area contributed by atoms with Gasteiger partial charge in [-0.05, 0) is 36.9 Å². The summed E-state index contributed by atoms with van der Waals surface area (Å²) in [5, 5.41) is 8.56. The van der Waals surface area contributed by atoms with Crippen LogP contribution in [0.4, 0.5) is 0 Å². The molecule has 2 nitrogen and oxygen atoms in total. The van der Waals surface area contributed by atoms with E-state index in [-0.39, 0.29) is 0 Å². The monoisotopic (exact) mass is 230 g/mol. The van der Waals surface area contributed by atoms with Crippen molar-refractivity contribution in [1.29, 1.82) is 5.26 Å². The Labute approximate surface area is 105 Å². The van der Waals surface area contributed by atoms with Gasteiger partial charge in [0.15, 0.2) is 0 Å². The molecule has 0 radical (unpaired) electrons. The molecule has 0 fully saturated rings. The van der Waals surface area contributed by atoms with Crippen LogP contribution in [0.2, 0.25) is 0 Å². The zero-order valence-electron chi connectivity index (χ0n) is 11.1. The van der Waals surface area contributed by atoms with Crippen LogP contribution in [0, 0.1) is 17.2 Å². The largest absolute Gasteiger partial charge is 0.293 e. The number of benzene rings is 1. The minimum atomic E-state index is 0.505. The maximum atomic E-state index is 8.56. The number of hydrogen-bond donors (Lipinski definition) is 0. The van der Waals surface area contributed by atoms with Gasteiger partial charge in [-0.1, -0.05) is 38.1 Å². The van der Waals surface area contributed by atoms with Crippen molar-refractivity contribution in [1.82, 2.24) is 4.90 Å². The third kappa shape index (κ3) is 5.51. The molecule has 0 heterocycles. The first-order chi connectivity index (χ1) is 8.11. The molecule has 0 aliphatic heterocycles. The molecule has 1 aromatic rings. The van der Waals surface area contributed by atoms with Gasteiger partial charge in [0.25, 0.3) is 0 Å². The van der Waals surface area contributed by atoms with Crippen molar-refractivity contribution in [3.63, 3.8) is 0 Å². The van der Waals surface area contributed by atoms with Crippen LogP contribution in [0.15, 0.2) is 24.3 Å². The van der Waals surface area contributed by atoms with Crippen LogP contribution in [0.5, 0.6) is 0 Å². The zero-order chi connectivity index (χ0) is 12.7. The zero-order valence-corrected chi connectivity index (χ0v) is 11.1. The number of likely N-dealkylation sites (N-methyl/N-ethyl adjacent to an activating group) is 1. The van der Waals surface area contributed by atoms with Crippen molar-refractivity contribution >= 4 is 0 Å². The summed E-state index contributed by atoms with van der Waals surface area (Å²) < 4.78 is 0. The molecule has 17 heavy (non-hydrogen) atoms. The smallest absolute Gasteiger partial charge is 0.0863 e. The third-order valence-corrected chi connectivity index (χ3v) is 2.79. The van der Waals surface area contributed by atoms with Gasteiger partial charge in [-0.25, -0.2) is 0 Å². The molecule has 0 spiro atoms. The van der Waals surface area contributed by atoms with E-state index in [2.05, 4.69) is 44.2 Å². The first kappa shape index (κ1) is 13.7. The van der Waals surface area contributed by atoms with Gasteiger partial charge >= 0.3 is 0 Å². The molecule has 2 heteroatoms. The fraction of sp³-hybridized carbons (Fsp3) is 0.533. The molecule has 1 aromatic carbocycles. The lowest BCUT2D eigenvalue weighted by Gasteiger charge is -2.12. The van der Waals surface area contributed by atoms with Gasteiger partial charge in [0.05, 0.1) is 12.6 Å². The van der Waals surface area contributed by atoms with Gasteiger partial charge in [-0.2, -0.15) is 5.26 Å². The maximum absolute atomic E-state index is 8.56. The molecule has 0 bridgehead atoms. The van der Waals surface area contributed by atoms with Crippen LogP contribution in [0.3, 0.4) is 0 Å². The lowest BCUT2D eigenvalue weighted by molar-refractivity contribution is 0.379. The van der Waals surface area contributed by atoms with Crippen molar-refractivity contribution in [2.75, 3.05) is 20.1 Å². The summed E-state index contributed by atoms with van der Waals surface area (Å²) in [7, 11) is 1.98. The highest BCUT2D eigenvalue weighted by molar-refractivity contribution is 5.23. The molecule has 0 N–H and O–H groups in total. The second kappa shape index (κ2) is 7.09. The molecule has 0 saturated carbocycles. The van der Waals surface area contributed by atoms with Gasteiger partial charge in [-0.3, -0.25) is 4.90 Å². The molecular weight excluding hydrogens is 208 g/mol. The summed E-state index contributed by atoms with van der Waals surface area (Å²) in [6, 6.07) is 11.0. The van der Waals surface area contributed by atoms with Crippen molar-refractivity contribution < 1.29 is 0 Å². The molecule has 0 unspecified atom stereocenters. The average molecular weight is 230 g/mol. The third-order valence-electron chi connectivity index (χ3n) is 2.79. The van der Waals surface area contributed by atoms with Gasteiger partial charge in [0.1, 0.15) is 0 Å². The van der Waals surface area contributed by atoms with E-state index in [0.29, 0.717) is 12.5 Å². The number of rotatable bonds is 6. The predicted octanol–water partition coefficient (Wildman–Crippen LogP) is 2.88. The molecule has 1 rings (SSSR count). The fourth-order valence-corrected chi connectivity index (χ4v) is 1.83. The summed E-state index contributed by atoms with van der Waals surface area (Å²) in [4.78, 5) is 2.04. The van der Waals surface area contributed by atoms with E-state index >= 15 is 0 Å². The highest BCUT2D eigenvalue weighted by atomic mass is 15.1. The van der Waals surface area contributed by atoms with E-state index in [0.717, 1.165) is 19.4 Å². The Hall–Kier alpha value is -1.33.